The van der Waals surface area contributed by atoms with Gasteiger partial charge in [0.2, 0.25) is 6.79 Å². The summed E-state index contributed by atoms with van der Waals surface area (Å²) in [5.41, 5.74) is 1.76. The summed E-state index contributed by atoms with van der Waals surface area (Å²) in [4.78, 5) is 6.86. The first kappa shape index (κ1) is 5.88. The Hall–Kier alpha value is -1.71. The normalized spacial score (nSPS) is 14.0. The smallest absolute Gasteiger partial charge is 0.231 e. The van der Waals surface area contributed by atoms with Crippen molar-refractivity contribution in [3.05, 3.63) is 18.5 Å². The molecule has 1 aliphatic rings. The fraction of sp³-hybridized carbons (Fsp3) is 0.125. The highest BCUT2D eigenvalue weighted by Crippen LogP contribution is 2.34. The van der Waals surface area contributed by atoms with Crippen LogP contribution >= 0.6 is 0 Å². The second kappa shape index (κ2) is 1.91. The second-order valence-electron chi connectivity index (χ2n) is 2.57. The summed E-state index contributed by atoms with van der Waals surface area (Å²) in [6, 6.07) is 3.70. The topological polar surface area (TPSA) is 47.1 Å². The third-order valence-corrected chi connectivity index (χ3v) is 1.86. The van der Waals surface area contributed by atoms with Gasteiger partial charge in [0.1, 0.15) is 0 Å². The van der Waals surface area contributed by atoms with E-state index < -0.39 is 0 Å². The molecule has 0 unspecified atom stereocenters. The highest BCUT2D eigenvalue weighted by molar-refractivity contribution is 5.79. The van der Waals surface area contributed by atoms with E-state index in [1.165, 1.54) is 0 Å². The SMILES string of the molecule is [c]1nc2cc3c(cc2[nH]1)OCO3. The Morgan fingerprint density at radius 2 is 2.17 bits per heavy atom. The number of aromatic amines is 1. The first-order valence-corrected chi connectivity index (χ1v) is 3.59. The van der Waals surface area contributed by atoms with Crippen LogP contribution in [0.15, 0.2) is 12.1 Å². The molecule has 0 saturated carbocycles. The molecule has 1 radical (unpaired) electrons. The molecule has 4 nitrogen and oxygen atoms in total. The number of hydrogen-bond donors (Lipinski definition) is 1. The van der Waals surface area contributed by atoms with Crippen LogP contribution in [0.25, 0.3) is 11.0 Å². The molecule has 2 aromatic rings. The average Bonchev–Trinajstić information content (AvgIpc) is 2.64. The first-order valence-electron chi connectivity index (χ1n) is 3.59. The summed E-state index contributed by atoms with van der Waals surface area (Å²) in [6.45, 7) is 0.297. The molecule has 0 saturated heterocycles. The summed E-state index contributed by atoms with van der Waals surface area (Å²) in [5, 5.41) is 0. The van der Waals surface area contributed by atoms with Gasteiger partial charge in [0.25, 0.3) is 0 Å². The Kier molecular flexibility index (Phi) is 0.935. The molecule has 2 heterocycles. The van der Waals surface area contributed by atoms with Crippen LogP contribution in [0.1, 0.15) is 0 Å². The molecule has 12 heavy (non-hydrogen) atoms. The predicted molar refractivity (Wildman–Crippen MR) is 41.1 cm³/mol. The van der Waals surface area contributed by atoms with Gasteiger partial charge in [-0.1, -0.05) is 0 Å². The largest absolute Gasteiger partial charge is 0.454 e. The van der Waals surface area contributed by atoms with E-state index in [4.69, 9.17) is 9.47 Å². The van der Waals surface area contributed by atoms with Crippen molar-refractivity contribution in [1.82, 2.24) is 9.97 Å². The lowest BCUT2D eigenvalue weighted by atomic mass is 10.3. The van der Waals surface area contributed by atoms with Crippen molar-refractivity contribution < 1.29 is 9.47 Å². The zero-order valence-corrected chi connectivity index (χ0v) is 6.13. The molecule has 0 atom stereocenters. The number of rotatable bonds is 0. The molecular weight excluding hydrogens is 156 g/mol. The van der Waals surface area contributed by atoms with Crippen molar-refractivity contribution in [2.24, 2.45) is 0 Å². The number of nitrogens with zero attached hydrogens (tertiary/aromatic N) is 1. The summed E-state index contributed by atoms with van der Waals surface area (Å²) in [5.74, 6) is 1.52. The minimum Gasteiger partial charge on any atom is -0.454 e. The van der Waals surface area contributed by atoms with Crippen molar-refractivity contribution in [2.45, 2.75) is 0 Å². The zero-order chi connectivity index (χ0) is 7.97. The molecule has 4 heteroatoms. The maximum Gasteiger partial charge on any atom is 0.231 e. The summed E-state index contributed by atoms with van der Waals surface area (Å²) >= 11 is 0. The third kappa shape index (κ3) is 0.637. The van der Waals surface area contributed by atoms with Crippen LogP contribution < -0.4 is 9.47 Å². The van der Waals surface area contributed by atoms with Gasteiger partial charge in [-0.25, -0.2) is 4.98 Å². The predicted octanol–water partition coefficient (Wildman–Crippen LogP) is 1.09. The number of H-pyrrole nitrogens is 1. The van der Waals surface area contributed by atoms with Crippen molar-refractivity contribution >= 4 is 11.0 Å². The Balaban J connectivity index is 2.38. The van der Waals surface area contributed by atoms with E-state index in [0.29, 0.717) is 6.79 Å². The number of aromatic nitrogens is 2. The van der Waals surface area contributed by atoms with Crippen LogP contribution in [-0.2, 0) is 0 Å². The molecule has 1 aromatic heterocycles. The molecular formula is C8H5N2O2. The molecule has 0 spiro atoms. The number of hydrogen-bond acceptors (Lipinski definition) is 3. The van der Waals surface area contributed by atoms with E-state index in [1.54, 1.807) is 0 Å². The van der Waals surface area contributed by atoms with Gasteiger partial charge in [-0.15, -0.1) is 0 Å². The third-order valence-electron chi connectivity index (χ3n) is 1.86. The van der Waals surface area contributed by atoms with Crippen LogP contribution in [0.3, 0.4) is 0 Å². The van der Waals surface area contributed by atoms with Gasteiger partial charge in [0.05, 0.1) is 11.0 Å². The Labute approximate surface area is 68.1 Å². The molecule has 1 aromatic carbocycles. The van der Waals surface area contributed by atoms with E-state index in [-0.39, 0.29) is 0 Å². The number of nitrogens with one attached hydrogen (secondary N) is 1. The van der Waals surface area contributed by atoms with Gasteiger partial charge >= 0.3 is 0 Å². The number of ether oxygens (including phenoxy) is 2. The first-order chi connectivity index (χ1) is 5.93. The summed E-state index contributed by atoms with van der Waals surface area (Å²) in [6.07, 6.45) is 2.65. The fourth-order valence-electron chi connectivity index (χ4n) is 1.27. The summed E-state index contributed by atoms with van der Waals surface area (Å²) in [7, 11) is 0. The number of imidazole rings is 1. The van der Waals surface area contributed by atoms with E-state index in [2.05, 4.69) is 16.3 Å². The lowest BCUT2D eigenvalue weighted by molar-refractivity contribution is 0.174. The summed E-state index contributed by atoms with van der Waals surface area (Å²) < 4.78 is 10.4. The Morgan fingerprint density at radius 3 is 3.08 bits per heavy atom. The number of fused-ring (bicyclic) bond motifs is 2. The monoisotopic (exact) mass is 161 g/mol. The van der Waals surface area contributed by atoms with Crippen LogP contribution in [0.2, 0.25) is 0 Å². The second-order valence-corrected chi connectivity index (χ2v) is 2.57. The molecule has 0 aliphatic carbocycles. The number of benzene rings is 1. The van der Waals surface area contributed by atoms with Crippen LogP contribution in [0.4, 0.5) is 0 Å². The Bertz CT molecular complexity index is 398. The maximum absolute atomic E-state index is 5.19. The van der Waals surface area contributed by atoms with Crippen molar-refractivity contribution in [3.63, 3.8) is 0 Å². The zero-order valence-electron chi connectivity index (χ0n) is 6.13. The molecule has 0 fully saturated rings. The van der Waals surface area contributed by atoms with Gasteiger partial charge in [-0.05, 0) is 0 Å². The average molecular weight is 161 g/mol. The highest BCUT2D eigenvalue weighted by atomic mass is 16.7. The lowest BCUT2D eigenvalue weighted by Gasteiger charge is -1.93. The van der Waals surface area contributed by atoms with Crippen molar-refractivity contribution in [3.8, 4) is 11.5 Å². The molecule has 0 bridgehead atoms. The van der Waals surface area contributed by atoms with Gasteiger partial charge < -0.3 is 14.5 Å². The molecule has 1 N–H and O–H groups in total. The minimum absolute atomic E-state index is 0.297. The van der Waals surface area contributed by atoms with Crippen molar-refractivity contribution in [1.29, 1.82) is 0 Å². The lowest BCUT2D eigenvalue weighted by Crippen LogP contribution is -1.92. The van der Waals surface area contributed by atoms with Gasteiger partial charge in [0.15, 0.2) is 17.8 Å². The van der Waals surface area contributed by atoms with E-state index >= 15 is 0 Å². The minimum atomic E-state index is 0.297. The van der Waals surface area contributed by atoms with Crippen LogP contribution in [0, 0.1) is 6.33 Å². The molecule has 0 amide bonds. The van der Waals surface area contributed by atoms with E-state index in [1.807, 2.05) is 12.1 Å². The van der Waals surface area contributed by atoms with Gasteiger partial charge in [-0.3, -0.25) is 0 Å². The van der Waals surface area contributed by atoms with Gasteiger partial charge in [-0.2, -0.15) is 0 Å². The molecule has 1 aliphatic heterocycles. The highest BCUT2D eigenvalue weighted by Gasteiger charge is 2.14. The molecule has 59 valence electrons. The van der Waals surface area contributed by atoms with Gasteiger partial charge in [0, 0.05) is 12.1 Å². The maximum atomic E-state index is 5.19. The standard InChI is InChI=1S/C8H5N2O2/c1-5-6(10-3-9-5)2-8-7(1)11-4-12-8/h1-2H,4H2,(H,9,10). The fourth-order valence-corrected chi connectivity index (χ4v) is 1.27. The van der Waals surface area contributed by atoms with E-state index in [9.17, 15) is 0 Å². The van der Waals surface area contributed by atoms with E-state index in [0.717, 1.165) is 22.5 Å². The van der Waals surface area contributed by atoms with Crippen molar-refractivity contribution in [2.75, 3.05) is 6.79 Å². The molecule has 3 rings (SSSR count). The Morgan fingerprint density at radius 1 is 1.33 bits per heavy atom. The van der Waals surface area contributed by atoms with Crippen LogP contribution in [-0.4, -0.2) is 16.8 Å². The quantitative estimate of drug-likeness (QED) is 0.629. The van der Waals surface area contributed by atoms with Crippen LogP contribution in [0.5, 0.6) is 11.5 Å².